The van der Waals surface area contributed by atoms with E-state index < -0.39 is 6.04 Å². The molecule has 0 saturated heterocycles. The second-order valence-corrected chi connectivity index (χ2v) is 5.88. The Balaban J connectivity index is 1.71. The number of tetrazole rings is 1. The van der Waals surface area contributed by atoms with E-state index in [0.29, 0.717) is 17.4 Å². The Hall–Kier alpha value is -2.74. The molecule has 24 heavy (non-hydrogen) atoms. The number of carbonyl (C=O) groups is 1. The van der Waals surface area contributed by atoms with Crippen molar-refractivity contribution < 1.29 is 4.79 Å². The molecule has 0 aliphatic rings. The number of rotatable bonds is 5. The second-order valence-electron chi connectivity index (χ2n) is 5.44. The van der Waals surface area contributed by atoms with E-state index in [2.05, 4.69) is 25.7 Å². The Kier molecular flexibility index (Phi) is 4.57. The van der Waals surface area contributed by atoms with Crippen LogP contribution in [0, 0.1) is 0 Å². The molecule has 1 aromatic carbocycles. The van der Waals surface area contributed by atoms with Gasteiger partial charge < -0.3 is 4.90 Å². The van der Waals surface area contributed by atoms with Crippen molar-refractivity contribution in [3.8, 4) is 11.4 Å². The normalized spacial score (nSPS) is 12.1. The number of H-pyrrole nitrogens is 1. The summed E-state index contributed by atoms with van der Waals surface area (Å²) < 4.78 is 1.55. The smallest absolute Gasteiger partial charge is 0.247 e. The summed E-state index contributed by atoms with van der Waals surface area (Å²) >= 11 is 5.86. The van der Waals surface area contributed by atoms with Crippen LogP contribution < -0.4 is 0 Å². The molecule has 124 valence electrons. The fourth-order valence-corrected chi connectivity index (χ4v) is 2.55. The second kappa shape index (κ2) is 6.79. The molecule has 0 radical (unpaired) electrons. The van der Waals surface area contributed by atoms with Crippen molar-refractivity contribution in [2.45, 2.75) is 19.5 Å². The van der Waals surface area contributed by atoms with Gasteiger partial charge >= 0.3 is 0 Å². The highest BCUT2D eigenvalue weighted by Crippen LogP contribution is 2.18. The SMILES string of the molecule is C[C@H](C(=O)N(C)Cc1cccc(-c2nn[nH]n2)c1)n1cc(Cl)cn1. The van der Waals surface area contributed by atoms with Crippen LogP contribution in [0.25, 0.3) is 11.4 Å². The van der Waals surface area contributed by atoms with E-state index in [9.17, 15) is 4.79 Å². The Morgan fingerprint density at radius 3 is 2.96 bits per heavy atom. The molecule has 2 aromatic heterocycles. The lowest BCUT2D eigenvalue weighted by Crippen LogP contribution is -2.32. The van der Waals surface area contributed by atoms with Gasteiger partial charge in [0.1, 0.15) is 6.04 Å². The number of aromatic amines is 1. The first-order chi connectivity index (χ1) is 11.5. The summed E-state index contributed by atoms with van der Waals surface area (Å²) in [6.45, 7) is 2.25. The van der Waals surface area contributed by atoms with Crippen LogP contribution in [0.5, 0.6) is 0 Å². The molecule has 3 aromatic rings. The largest absolute Gasteiger partial charge is 0.340 e. The number of nitrogens with one attached hydrogen (secondary N) is 1. The molecule has 3 rings (SSSR count). The zero-order chi connectivity index (χ0) is 17.1. The van der Waals surface area contributed by atoms with Crippen molar-refractivity contribution in [3.63, 3.8) is 0 Å². The Bertz CT molecular complexity index is 830. The molecule has 0 fully saturated rings. The maximum Gasteiger partial charge on any atom is 0.247 e. The summed E-state index contributed by atoms with van der Waals surface area (Å²) in [5.74, 6) is 0.463. The number of hydrogen-bond acceptors (Lipinski definition) is 5. The summed E-state index contributed by atoms with van der Waals surface area (Å²) in [4.78, 5) is 14.2. The van der Waals surface area contributed by atoms with Gasteiger partial charge in [-0.05, 0) is 23.8 Å². The average molecular weight is 346 g/mol. The topological polar surface area (TPSA) is 92.6 Å². The van der Waals surface area contributed by atoms with E-state index >= 15 is 0 Å². The van der Waals surface area contributed by atoms with Crippen LogP contribution in [-0.4, -0.2) is 48.3 Å². The Labute approximate surface area is 143 Å². The first-order valence-electron chi connectivity index (χ1n) is 7.32. The molecule has 8 nitrogen and oxygen atoms in total. The first kappa shape index (κ1) is 16.1. The molecular formula is C15H16ClN7O. The molecule has 1 amide bonds. The summed E-state index contributed by atoms with van der Waals surface area (Å²) in [5, 5.41) is 18.5. The average Bonchev–Trinajstić information content (AvgIpc) is 3.25. The van der Waals surface area contributed by atoms with Gasteiger partial charge in [-0.3, -0.25) is 9.48 Å². The predicted molar refractivity (Wildman–Crippen MR) is 88.0 cm³/mol. The van der Waals surface area contributed by atoms with E-state index in [1.165, 1.54) is 6.20 Å². The van der Waals surface area contributed by atoms with Crippen LogP contribution in [0.1, 0.15) is 18.5 Å². The zero-order valence-corrected chi connectivity index (χ0v) is 14.0. The van der Waals surface area contributed by atoms with E-state index in [4.69, 9.17) is 11.6 Å². The predicted octanol–water partition coefficient (Wildman–Crippen LogP) is 1.94. The van der Waals surface area contributed by atoms with Crippen LogP contribution in [0.15, 0.2) is 36.7 Å². The molecule has 0 aliphatic heterocycles. The highest BCUT2D eigenvalue weighted by atomic mass is 35.5. The lowest BCUT2D eigenvalue weighted by Gasteiger charge is -2.22. The van der Waals surface area contributed by atoms with Crippen LogP contribution in [0.4, 0.5) is 0 Å². The highest BCUT2D eigenvalue weighted by molar-refractivity contribution is 6.30. The zero-order valence-electron chi connectivity index (χ0n) is 13.2. The molecule has 9 heteroatoms. The van der Waals surface area contributed by atoms with E-state index in [-0.39, 0.29) is 5.91 Å². The summed E-state index contributed by atoms with van der Waals surface area (Å²) in [6.07, 6.45) is 3.15. The van der Waals surface area contributed by atoms with E-state index in [1.54, 1.807) is 29.7 Å². The minimum Gasteiger partial charge on any atom is -0.340 e. The summed E-state index contributed by atoms with van der Waals surface area (Å²) in [5.41, 5.74) is 1.81. The molecule has 0 unspecified atom stereocenters. The van der Waals surface area contributed by atoms with E-state index in [1.807, 2.05) is 24.3 Å². The van der Waals surface area contributed by atoms with Crippen LogP contribution in [0.2, 0.25) is 5.02 Å². The third-order valence-electron chi connectivity index (χ3n) is 3.65. The van der Waals surface area contributed by atoms with Gasteiger partial charge in [0, 0.05) is 25.4 Å². The number of nitrogens with zero attached hydrogens (tertiary/aromatic N) is 6. The van der Waals surface area contributed by atoms with Crippen LogP contribution in [0.3, 0.4) is 0 Å². The van der Waals surface area contributed by atoms with Gasteiger partial charge in [0.05, 0.1) is 11.2 Å². The first-order valence-corrected chi connectivity index (χ1v) is 7.70. The number of hydrogen-bond donors (Lipinski definition) is 1. The number of amides is 1. The van der Waals surface area contributed by atoms with Gasteiger partial charge in [-0.25, -0.2) is 0 Å². The van der Waals surface area contributed by atoms with Gasteiger partial charge in [0.2, 0.25) is 11.7 Å². The molecule has 1 atom stereocenters. The van der Waals surface area contributed by atoms with Crippen molar-refractivity contribution in [2.75, 3.05) is 7.05 Å². The van der Waals surface area contributed by atoms with Gasteiger partial charge in [0.15, 0.2) is 0 Å². The maximum atomic E-state index is 12.6. The third-order valence-corrected chi connectivity index (χ3v) is 3.85. The number of carbonyl (C=O) groups excluding carboxylic acids is 1. The Morgan fingerprint density at radius 2 is 2.29 bits per heavy atom. The maximum absolute atomic E-state index is 12.6. The molecule has 0 saturated carbocycles. The summed E-state index contributed by atoms with van der Waals surface area (Å²) in [7, 11) is 1.75. The van der Waals surface area contributed by atoms with Crippen molar-refractivity contribution in [2.24, 2.45) is 0 Å². The van der Waals surface area contributed by atoms with Crippen LogP contribution >= 0.6 is 11.6 Å². The number of halogens is 1. The fourth-order valence-electron chi connectivity index (χ4n) is 2.40. The van der Waals surface area contributed by atoms with Gasteiger partial charge in [-0.2, -0.15) is 10.3 Å². The van der Waals surface area contributed by atoms with E-state index in [0.717, 1.165) is 11.1 Å². The minimum atomic E-state index is -0.428. The quantitative estimate of drug-likeness (QED) is 0.762. The molecule has 0 aliphatic carbocycles. The standard InChI is InChI=1S/C15H16ClN7O/c1-10(23-9-13(16)7-17-23)15(24)22(2)8-11-4-3-5-12(6-11)14-18-20-21-19-14/h3-7,9-10H,8H2,1-2H3,(H,18,19,20,21)/t10-/m1/s1. The lowest BCUT2D eigenvalue weighted by molar-refractivity contribution is -0.133. The van der Waals surface area contributed by atoms with Crippen molar-refractivity contribution in [1.82, 2.24) is 35.3 Å². The Morgan fingerprint density at radius 1 is 1.46 bits per heavy atom. The molecule has 0 spiro atoms. The lowest BCUT2D eigenvalue weighted by atomic mass is 10.1. The van der Waals surface area contributed by atoms with Crippen molar-refractivity contribution in [1.29, 1.82) is 0 Å². The van der Waals surface area contributed by atoms with Crippen molar-refractivity contribution in [3.05, 3.63) is 47.2 Å². The molecule has 1 N–H and O–H groups in total. The minimum absolute atomic E-state index is 0.0558. The van der Waals surface area contributed by atoms with Gasteiger partial charge in [0.25, 0.3) is 0 Å². The summed E-state index contributed by atoms with van der Waals surface area (Å²) in [6, 6.07) is 7.25. The number of benzene rings is 1. The molecule has 0 bridgehead atoms. The molecular weight excluding hydrogens is 330 g/mol. The van der Waals surface area contributed by atoms with Crippen LogP contribution in [-0.2, 0) is 11.3 Å². The van der Waals surface area contributed by atoms with Gasteiger partial charge in [-0.1, -0.05) is 29.8 Å². The fraction of sp³-hybridized carbons (Fsp3) is 0.267. The highest BCUT2D eigenvalue weighted by Gasteiger charge is 2.20. The van der Waals surface area contributed by atoms with Crippen molar-refractivity contribution >= 4 is 17.5 Å². The van der Waals surface area contributed by atoms with Gasteiger partial charge in [-0.15, -0.1) is 10.2 Å². The molecule has 2 heterocycles. The monoisotopic (exact) mass is 345 g/mol. The third kappa shape index (κ3) is 3.43. The number of likely N-dealkylation sites (N-methyl/N-ethyl adjacent to an activating group) is 1. The number of aromatic nitrogens is 6.